The summed E-state index contributed by atoms with van der Waals surface area (Å²) in [6.07, 6.45) is 5.34. The van der Waals surface area contributed by atoms with Gasteiger partial charge in [0.05, 0.1) is 41.8 Å². The summed E-state index contributed by atoms with van der Waals surface area (Å²) in [6, 6.07) is 19.4. The number of ether oxygens (including phenoxy) is 1. The molecule has 0 atom stereocenters. The van der Waals surface area contributed by atoms with Gasteiger partial charge >= 0.3 is 0 Å². The number of rotatable bonds is 10. The molecule has 0 fully saturated rings. The van der Waals surface area contributed by atoms with Crippen molar-refractivity contribution in [2.75, 3.05) is 28.4 Å². The number of imidazole rings is 1. The van der Waals surface area contributed by atoms with Gasteiger partial charge in [-0.1, -0.05) is 69.1 Å². The first-order chi connectivity index (χ1) is 20.5. The zero-order chi connectivity index (χ0) is 31.3. The molecule has 0 aliphatic heterocycles. The van der Waals surface area contributed by atoms with Gasteiger partial charge in [-0.3, -0.25) is 9.80 Å². The van der Waals surface area contributed by atoms with Gasteiger partial charge in [-0.25, -0.2) is 10.8 Å². The van der Waals surface area contributed by atoms with Crippen LogP contribution in [0.25, 0.3) is 17.1 Å². The molecular weight excluding hydrogens is 558 g/mol. The van der Waals surface area contributed by atoms with Gasteiger partial charge in [0.2, 0.25) is 0 Å². The highest BCUT2D eigenvalue weighted by atomic mass is 32.2. The van der Waals surface area contributed by atoms with E-state index in [0.29, 0.717) is 34.9 Å². The minimum Gasteiger partial charge on any atom is -0.492 e. The maximum absolute atomic E-state index is 13.6. The van der Waals surface area contributed by atoms with Crippen molar-refractivity contribution >= 4 is 40.6 Å². The first kappa shape index (κ1) is 31.5. The van der Waals surface area contributed by atoms with Crippen LogP contribution in [0.5, 0.6) is 5.75 Å². The molecule has 0 aliphatic rings. The maximum atomic E-state index is 13.6. The number of hydrazine groups is 1. The van der Waals surface area contributed by atoms with Gasteiger partial charge < -0.3 is 25.1 Å². The number of nitrogens with zero attached hydrogens (tertiary/aromatic N) is 3. The third-order valence-corrected chi connectivity index (χ3v) is 7.57. The second-order valence-electron chi connectivity index (χ2n) is 11.2. The number of methoxy groups -OCH3 is 1. The maximum Gasteiger partial charge on any atom is 0.255 e. The van der Waals surface area contributed by atoms with Crippen molar-refractivity contribution in [2.45, 2.75) is 46.6 Å². The van der Waals surface area contributed by atoms with Crippen molar-refractivity contribution < 1.29 is 9.53 Å². The largest absolute Gasteiger partial charge is 0.492 e. The lowest BCUT2D eigenvalue weighted by atomic mass is 9.86. The zero-order valence-corrected chi connectivity index (χ0v) is 26.7. The summed E-state index contributed by atoms with van der Waals surface area (Å²) in [4.78, 5) is 18.2. The van der Waals surface area contributed by atoms with Crippen LogP contribution in [0.15, 0.2) is 73.1 Å². The number of nitrogens with one attached hydrogen (secondary N) is 2. The normalized spacial score (nSPS) is 11.8. The minimum absolute atomic E-state index is 0.140. The van der Waals surface area contributed by atoms with Crippen LogP contribution in [0, 0.1) is 6.92 Å². The Kier molecular flexibility index (Phi) is 9.73. The fourth-order valence-electron chi connectivity index (χ4n) is 4.81. The van der Waals surface area contributed by atoms with Crippen molar-refractivity contribution in [3.05, 3.63) is 95.4 Å². The summed E-state index contributed by atoms with van der Waals surface area (Å²) in [7, 11) is 1.59. The topological polar surface area (TPSA) is 123 Å². The standard InChI is InChI=1S/C33H41N7O2S/c1-8-39-29(19-36-31(39)22-12-10-9-11-13-22)25(34)20-40(35)28-16-23(15-14-21(28)2)32(41)37-26-17-24(33(3,4)5)18-27(38-43-7)30(26)42-6/h9-20,38H,8,34-35H2,1-7H3,(H,37,41)/b25-20-. The average molecular weight is 600 g/mol. The summed E-state index contributed by atoms with van der Waals surface area (Å²) in [5, 5.41) is 4.49. The molecule has 43 heavy (non-hydrogen) atoms. The zero-order valence-electron chi connectivity index (χ0n) is 25.9. The van der Waals surface area contributed by atoms with E-state index in [-0.39, 0.29) is 11.3 Å². The van der Waals surface area contributed by atoms with Crippen LogP contribution in [0.1, 0.15) is 54.9 Å². The highest BCUT2D eigenvalue weighted by Crippen LogP contribution is 2.40. The molecular formula is C33H41N7O2S. The predicted octanol–water partition coefficient (Wildman–Crippen LogP) is 6.76. The number of nitrogens with two attached hydrogens (primary N) is 2. The van der Waals surface area contributed by atoms with E-state index in [9.17, 15) is 4.79 Å². The molecule has 226 valence electrons. The van der Waals surface area contributed by atoms with Crippen LogP contribution in [-0.4, -0.2) is 28.8 Å². The van der Waals surface area contributed by atoms with Gasteiger partial charge in [-0.2, -0.15) is 0 Å². The van der Waals surface area contributed by atoms with E-state index in [1.54, 1.807) is 31.6 Å². The number of carbonyl (C=O) groups excluding carboxylic acids is 1. The van der Waals surface area contributed by atoms with Crippen LogP contribution in [0.4, 0.5) is 17.1 Å². The quantitative estimate of drug-likeness (QED) is 0.0895. The highest BCUT2D eigenvalue weighted by molar-refractivity contribution is 7.99. The van der Waals surface area contributed by atoms with E-state index in [1.165, 1.54) is 17.0 Å². The Labute approximate surface area is 258 Å². The van der Waals surface area contributed by atoms with Crippen molar-refractivity contribution in [1.29, 1.82) is 0 Å². The molecule has 3 aromatic carbocycles. The van der Waals surface area contributed by atoms with E-state index < -0.39 is 0 Å². The molecule has 0 saturated carbocycles. The summed E-state index contributed by atoms with van der Waals surface area (Å²) in [5.41, 5.74) is 13.0. The van der Waals surface area contributed by atoms with Crippen LogP contribution in [0.2, 0.25) is 0 Å². The lowest BCUT2D eigenvalue weighted by molar-refractivity contribution is 0.102. The number of benzene rings is 3. The smallest absolute Gasteiger partial charge is 0.255 e. The molecule has 1 aromatic heterocycles. The fourth-order valence-corrected chi connectivity index (χ4v) is 5.18. The first-order valence-electron chi connectivity index (χ1n) is 14.0. The second-order valence-corrected chi connectivity index (χ2v) is 11.8. The number of anilines is 3. The number of hydrogen-bond donors (Lipinski definition) is 4. The summed E-state index contributed by atoms with van der Waals surface area (Å²) < 4.78 is 11.0. The Morgan fingerprint density at radius 3 is 2.44 bits per heavy atom. The number of aryl methyl sites for hydroxylation is 1. The molecule has 1 heterocycles. The van der Waals surface area contributed by atoms with Crippen molar-refractivity contribution in [3.63, 3.8) is 0 Å². The minimum atomic E-state index is -0.289. The van der Waals surface area contributed by atoms with E-state index in [4.69, 9.17) is 16.3 Å². The second kappa shape index (κ2) is 13.3. The third-order valence-electron chi connectivity index (χ3n) is 7.15. The molecule has 4 aromatic rings. The van der Waals surface area contributed by atoms with E-state index in [2.05, 4.69) is 35.8 Å². The lowest BCUT2D eigenvalue weighted by Gasteiger charge is -2.24. The highest BCUT2D eigenvalue weighted by Gasteiger charge is 2.22. The van der Waals surface area contributed by atoms with Gasteiger partial charge in [0, 0.05) is 30.1 Å². The Morgan fingerprint density at radius 2 is 1.81 bits per heavy atom. The molecule has 0 aliphatic carbocycles. The Balaban J connectivity index is 1.64. The molecule has 0 bridgehead atoms. The third kappa shape index (κ3) is 6.98. The molecule has 0 saturated heterocycles. The van der Waals surface area contributed by atoms with Gasteiger partial charge in [-0.15, -0.1) is 0 Å². The Hall–Kier alpha value is -4.41. The summed E-state index contributed by atoms with van der Waals surface area (Å²) >= 11 is 1.46. The average Bonchev–Trinajstić information content (AvgIpc) is 3.42. The molecule has 0 unspecified atom stereocenters. The monoisotopic (exact) mass is 599 g/mol. The number of aromatic nitrogens is 2. The SMILES string of the molecule is CCn1c(/C(N)=C/N(N)c2cc(C(=O)Nc3cc(C(C)(C)C)cc(NSC)c3OC)ccc2C)cnc1-c1ccccc1. The molecule has 1 amide bonds. The number of carbonyl (C=O) groups is 1. The number of amides is 1. The van der Waals surface area contributed by atoms with E-state index in [0.717, 1.165) is 33.9 Å². The van der Waals surface area contributed by atoms with Crippen molar-refractivity contribution in [3.8, 4) is 17.1 Å². The fraction of sp³-hybridized carbons (Fsp3) is 0.273. The predicted molar refractivity (Wildman–Crippen MR) is 180 cm³/mol. The molecule has 9 nitrogen and oxygen atoms in total. The molecule has 10 heteroatoms. The number of hydrogen-bond acceptors (Lipinski definition) is 8. The van der Waals surface area contributed by atoms with Crippen molar-refractivity contribution in [1.82, 2.24) is 9.55 Å². The van der Waals surface area contributed by atoms with Crippen LogP contribution in [0.3, 0.4) is 0 Å². The summed E-state index contributed by atoms with van der Waals surface area (Å²) in [5.74, 6) is 7.61. The molecule has 0 spiro atoms. The van der Waals surface area contributed by atoms with E-state index >= 15 is 0 Å². The van der Waals surface area contributed by atoms with Gasteiger partial charge in [-0.05, 0) is 54.7 Å². The first-order valence-corrected chi connectivity index (χ1v) is 15.3. The molecule has 6 N–H and O–H groups in total. The van der Waals surface area contributed by atoms with Crippen LogP contribution in [-0.2, 0) is 12.0 Å². The van der Waals surface area contributed by atoms with Gasteiger partial charge in [0.15, 0.2) is 5.75 Å². The van der Waals surface area contributed by atoms with Crippen molar-refractivity contribution in [2.24, 2.45) is 11.6 Å². The lowest BCUT2D eigenvalue weighted by Crippen LogP contribution is -2.27. The Bertz CT molecular complexity index is 1620. The summed E-state index contributed by atoms with van der Waals surface area (Å²) in [6.45, 7) is 11.0. The van der Waals surface area contributed by atoms with Crippen LogP contribution >= 0.6 is 11.9 Å². The van der Waals surface area contributed by atoms with Gasteiger partial charge in [0.1, 0.15) is 5.82 Å². The molecule has 0 radical (unpaired) electrons. The van der Waals surface area contributed by atoms with Crippen LogP contribution < -0.4 is 31.4 Å². The molecule has 4 rings (SSSR count). The Morgan fingerprint density at radius 1 is 1.12 bits per heavy atom. The van der Waals surface area contributed by atoms with E-state index in [1.807, 2.05) is 73.2 Å². The van der Waals surface area contributed by atoms with Gasteiger partial charge in [0.25, 0.3) is 5.91 Å².